The van der Waals surface area contributed by atoms with E-state index in [2.05, 4.69) is 27.8 Å². The average Bonchev–Trinajstić information content (AvgIpc) is 2.48. The van der Waals surface area contributed by atoms with Gasteiger partial charge in [0.05, 0.1) is 6.10 Å². The summed E-state index contributed by atoms with van der Waals surface area (Å²) in [6, 6.07) is 14.6. The fraction of sp³-hybridized carbons (Fsp3) is 0.118. The quantitative estimate of drug-likeness (QED) is 0.688. The van der Waals surface area contributed by atoms with E-state index in [1.807, 2.05) is 30.3 Å². The molecular weight excluding hydrogens is 316 g/mol. The van der Waals surface area contributed by atoms with Crippen LogP contribution in [0, 0.1) is 11.8 Å². The van der Waals surface area contributed by atoms with E-state index in [1.165, 1.54) is 0 Å². The normalized spacial score (nSPS) is 11.3. The molecule has 2 rings (SSSR count). The SMILES string of the molecule is O=Cc1ccccc1C#CCC(O)c1ccc(Br)cc1. The number of hydrogen-bond donors (Lipinski definition) is 1. The molecule has 2 aromatic carbocycles. The Kier molecular flexibility index (Phi) is 5.11. The van der Waals surface area contributed by atoms with Crippen LogP contribution in [0.4, 0.5) is 0 Å². The van der Waals surface area contributed by atoms with E-state index in [0.29, 0.717) is 17.5 Å². The standard InChI is InChI=1S/C17H13BrO2/c18-16-10-8-14(9-11-16)17(20)7-3-6-13-4-1-2-5-15(13)12-19/h1-2,4-5,8-12,17,20H,7H2. The Hall–Kier alpha value is -1.89. The molecule has 1 N–H and O–H groups in total. The van der Waals surface area contributed by atoms with E-state index >= 15 is 0 Å². The summed E-state index contributed by atoms with van der Waals surface area (Å²) >= 11 is 3.35. The summed E-state index contributed by atoms with van der Waals surface area (Å²) in [5, 5.41) is 10.0. The minimum atomic E-state index is -0.626. The highest BCUT2D eigenvalue weighted by atomic mass is 79.9. The lowest BCUT2D eigenvalue weighted by molar-refractivity contribution is 0.112. The van der Waals surface area contributed by atoms with Gasteiger partial charge in [-0.05, 0) is 23.8 Å². The van der Waals surface area contributed by atoms with Crippen LogP contribution in [0.15, 0.2) is 53.0 Å². The molecule has 0 aromatic heterocycles. The molecule has 0 spiro atoms. The lowest BCUT2D eigenvalue weighted by Gasteiger charge is -2.06. The van der Waals surface area contributed by atoms with E-state index in [-0.39, 0.29) is 0 Å². The number of benzene rings is 2. The van der Waals surface area contributed by atoms with Crippen LogP contribution in [0.2, 0.25) is 0 Å². The van der Waals surface area contributed by atoms with Gasteiger partial charge in [0.25, 0.3) is 0 Å². The molecule has 0 saturated heterocycles. The first-order valence-corrected chi connectivity index (χ1v) is 6.96. The number of aliphatic hydroxyl groups is 1. The van der Waals surface area contributed by atoms with Crippen molar-refractivity contribution in [3.63, 3.8) is 0 Å². The predicted molar refractivity (Wildman–Crippen MR) is 82.4 cm³/mol. The number of carbonyl (C=O) groups is 1. The first kappa shape index (κ1) is 14.5. The van der Waals surface area contributed by atoms with Crippen LogP contribution in [-0.4, -0.2) is 11.4 Å². The number of hydrogen-bond acceptors (Lipinski definition) is 2. The first-order chi connectivity index (χ1) is 9.70. The highest BCUT2D eigenvalue weighted by molar-refractivity contribution is 9.10. The summed E-state index contributed by atoms with van der Waals surface area (Å²) in [6.07, 6.45) is 0.489. The summed E-state index contributed by atoms with van der Waals surface area (Å²) in [6.45, 7) is 0. The van der Waals surface area contributed by atoms with Gasteiger partial charge in [-0.1, -0.05) is 58.1 Å². The molecule has 0 amide bonds. The maximum Gasteiger partial charge on any atom is 0.151 e. The molecule has 0 bridgehead atoms. The lowest BCUT2D eigenvalue weighted by atomic mass is 10.1. The van der Waals surface area contributed by atoms with Gasteiger partial charge >= 0.3 is 0 Å². The summed E-state index contributed by atoms with van der Waals surface area (Å²) in [5.74, 6) is 5.84. The zero-order valence-corrected chi connectivity index (χ0v) is 12.3. The van der Waals surface area contributed by atoms with E-state index in [0.717, 1.165) is 16.3 Å². The minimum absolute atomic E-state index is 0.328. The zero-order valence-electron chi connectivity index (χ0n) is 10.7. The highest BCUT2D eigenvalue weighted by Gasteiger charge is 2.05. The third-order valence-corrected chi connectivity index (χ3v) is 3.39. The Morgan fingerprint density at radius 1 is 1.15 bits per heavy atom. The van der Waals surface area contributed by atoms with Gasteiger partial charge in [-0.15, -0.1) is 0 Å². The molecule has 0 heterocycles. The second-order valence-corrected chi connectivity index (χ2v) is 5.19. The zero-order chi connectivity index (χ0) is 14.4. The Bertz CT molecular complexity index is 651. The molecule has 1 unspecified atom stereocenters. The fourth-order valence-electron chi connectivity index (χ4n) is 1.76. The number of carbonyl (C=O) groups excluding carboxylic acids is 1. The van der Waals surface area contributed by atoms with Gasteiger partial charge < -0.3 is 5.11 Å². The minimum Gasteiger partial charge on any atom is -0.387 e. The van der Waals surface area contributed by atoms with Crippen LogP contribution in [-0.2, 0) is 0 Å². The molecule has 1 atom stereocenters. The Morgan fingerprint density at radius 3 is 2.55 bits per heavy atom. The summed E-state index contributed by atoms with van der Waals surface area (Å²) in [4.78, 5) is 10.9. The third-order valence-electron chi connectivity index (χ3n) is 2.86. The monoisotopic (exact) mass is 328 g/mol. The van der Waals surface area contributed by atoms with E-state index in [4.69, 9.17) is 0 Å². The second kappa shape index (κ2) is 7.04. The average molecular weight is 329 g/mol. The van der Waals surface area contributed by atoms with Crippen LogP contribution in [0.1, 0.15) is 34.0 Å². The van der Waals surface area contributed by atoms with Gasteiger partial charge in [0.2, 0.25) is 0 Å². The molecule has 100 valence electrons. The molecule has 0 saturated carbocycles. The van der Waals surface area contributed by atoms with Crippen molar-refractivity contribution in [2.45, 2.75) is 12.5 Å². The van der Waals surface area contributed by atoms with Gasteiger partial charge in [-0.3, -0.25) is 4.79 Å². The van der Waals surface area contributed by atoms with Crippen LogP contribution in [0.25, 0.3) is 0 Å². The van der Waals surface area contributed by atoms with Crippen molar-refractivity contribution in [2.24, 2.45) is 0 Å². The van der Waals surface area contributed by atoms with Gasteiger partial charge in [0.15, 0.2) is 6.29 Å². The van der Waals surface area contributed by atoms with Gasteiger partial charge in [-0.2, -0.15) is 0 Å². The second-order valence-electron chi connectivity index (χ2n) is 4.28. The number of rotatable bonds is 3. The van der Waals surface area contributed by atoms with Crippen molar-refractivity contribution in [1.82, 2.24) is 0 Å². The van der Waals surface area contributed by atoms with Crippen LogP contribution < -0.4 is 0 Å². The number of aliphatic hydroxyl groups excluding tert-OH is 1. The van der Waals surface area contributed by atoms with E-state index in [1.54, 1.807) is 18.2 Å². The van der Waals surface area contributed by atoms with E-state index < -0.39 is 6.10 Å². The smallest absolute Gasteiger partial charge is 0.151 e. The molecular formula is C17H13BrO2. The van der Waals surface area contributed by atoms with Gasteiger partial charge in [0.1, 0.15) is 0 Å². The Balaban J connectivity index is 2.07. The largest absolute Gasteiger partial charge is 0.387 e. The molecule has 0 aliphatic carbocycles. The van der Waals surface area contributed by atoms with Gasteiger partial charge in [0, 0.05) is 22.0 Å². The van der Waals surface area contributed by atoms with Crippen molar-refractivity contribution in [2.75, 3.05) is 0 Å². The Labute approximate surface area is 126 Å². The fourth-order valence-corrected chi connectivity index (χ4v) is 2.02. The molecule has 20 heavy (non-hydrogen) atoms. The maximum atomic E-state index is 10.9. The molecule has 0 aliphatic heterocycles. The predicted octanol–water partition coefficient (Wildman–Crippen LogP) is 3.74. The molecule has 0 fully saturated rings. The van der Waals surface area contributed by atoms with E-state index in [9.17, 15) is 9.90 Å². The molecule has 2 aromatic rings. The first-order valence-electron chi connectivity index (χ1n) is 6.17. The van der Waals surface area contributed by atoms with Crippen molar-refractivity contribution in [1.29, 1.82) is 0 Å². The molecule has 2 nitrogen and oxygen atoms in total. The van der Waals surface area contributed by atoms with Crippen LogP contribution in [0.5, 0.6) is 0 Å². The van der Waals surface area contributed by atoms with Crippen LogP contribution in [0.3, 0.4) is 0 Å². The summed E-state index contributed by atoms with van der Waals surface area (Å²) in [5.41, 5.74) is 2.08. The van der Waals surface area contributed by atoms with Crippen molar-refractivity contribution in [3.05, 3.63) is 69.7 Å². The lowest BCUT2D eigenvalue weighted by Crippen LogP contribution is -1.95. The molecule has 0 aliphatic rings. The van der Waals surface area contributed by atoms with Crippen LogP contribution >= 0.6 is 15.9 Å². The van der Waals surface area contributed by atoms with Crippen molar-refractivity contribution >= 4 is 22.2 Å². The number of aldehydes is 1. The highest BCUT2D eigenvalue weighted by Crippen LogP contribution is 2.19. The summed E-state index contributed by atoms with van der Waals surface area (Å²) < 4.78 is 0.972. The molecule has 0 radical (unpaired) electrons. The number of halogens is 1. The summed E-state index contributed by atoms with van der Waals surface area (Å²) in [7, 11) is 0. The maximum absolute atomic E-state index is 10.9. The van der Waals surface area contributed by atoms with Gasteiger partial charge in [-0.25, -0.2) is 0 Å². The van der Waals surface area contributed by atoms with Crippen molar-refractivity contribution < 1.29 is 9.90 Å². The molecule has 3 heteroatoms. The van der Waals surface area contributed by atoms with Crippen molar-refractivity contribution in [3.8, 4) is 11.8 Å². The third kappa shape index (κ3) is 3.80. The Morgan fingerprint density at radius 2 is 1.85 bits per heavy atom. The topological polar surface area (TPSA) is 37.3 Å².